The molecule has 0 saturated carbocycles. The van der Waals surface area contributed by atoms with Crippen LogP contribution < -0.4 is 0 Å². The van der Waals surface area contributed by atoms with Crippen LogP contribution in [0.1, 0.15) is 46.5 Å². The van der Waals surface area contributed by atoms with Crippen molar-refractivity contribution in [2.75, 3.05) is 19.8 Å². The summed E-state index contributed by atoms with van der Waals surface area (Å²) in [6.45, 7) is 8.95. The van der Waals surface area contributed by atoms with Crippen molar-refractivity contribution < 1.29 is 8.85 Å². The standard InChI is InChI=1S/C13H27NO2Si/c1-4-7-8-9-11-14-12-10-13-17(14,15-5-2)16-6-3/h9,11H,4-8,10,12-13H2,1-3H3. The molecule has 0 spiro atoms. The number of hydrogen-bond donors (Lipinski definition) is 0. The number of nitrogens with zero attached hydrogens (tertiary/aromatic N) is 1. The number of rotatable bonds is 8. The molecule has 0 aliphatic carbocycles. The van der Waals surface area contributed by atoms with Gasteiger partial charge in [-0.1, -0.05) is 25.8 Å². The summed E-state index contributed by atoms with van der Waals surface area (Å²) in [4.78, 5) is 0. The first-order chi connectivity index (χ1) is 8.29. The van der Waals surface area contributed by atoms with E-state index in [1.807, 2.05) is 0 Å². The molecule has 0 amide bonds. The lowest BCUT2D eigenvalue weighted by Gasteiger charge is -2.33. The normalized spacial score (nSPS) is 19.4. The van der Waals surface area contributed by atoms with E-state index >= 15 is 0 Å². The van der Waals surface area contributed by atoms with E-state index in [0.717, 1.165) is 32.2 Å². The highest BCUT2D eigenvalue weighted by Gasteiger charge is 2.47. The molecule has 1 aliphatic rings. The smallest absolute Gasteiger partial charge is 0.379 e. The average Bonchev–Trinajstić information content (AvgIpc) is 2.69. The molecule has 1 heterocycles. The van der Waals surface area contributed by atoms with Crippen molar-refractivity contribution >= 4 is 8.72 Å². The minimum absolute atomic E-state index is 0.755. The van der Waals surface area contributed by atoms with Gasteiger partial charge in [-0.2, -0.15) is 0 Å². The van der Waals surface area contributed by atoms with E-state index in [4.69, 9.17) is 8.85 Å². The fourth-order valence-electron chi connectivity index (χ4n) is 2.30. The van der Waals surface area contributed by atoms with Gasteiger partial charge >= 0.3 is 8.72 Å². The van der Waals surface area contributed by atoms with Crippen LogP contribution in [0.15, 0.2) is 12.3 Å². The second-order valence-corrected chi connectivity index (χ2v) is 7.48. The van der Waals surface area contributed by atoms with Crippen LogP contribution in [0.5, 0.6) is 0 Å². The van der Waals surface area contributed by atoms with E-state index in [1.165, 1.54) is 19.3 Å². The highest BCUT2D eigenvalue weighted by Crippen LogP contribution is 2.28. The van der Waals surface area contributed by atoms with Crippen LogP contribution in [-0.2, 0) is 8.85 Å². The lowest BCUT2D eigenvalue weighted by molar-refractivity contribution is 0.151. The molecule has 100 valence electrons. The summed E-state index contributed by atoms with van der Waals surface area (Å²) in [7, 11) is -2.08. The SMILES string of the molecule is CCCCC=CN1CCC[Si]1(OCC)OCC. The van der Waals surface area contributed by atoms with Crippen LogP contribution in [0, 0.1) is 0 Å². The van der Waals surface area contributed by atoms with E-state index in [-0.39, 0.29) is 0 Å². The summed E-state index contributed by atoms with van der Waals surface area (Å²) >= 11 is 0. The lowest BCUT2D eigenvalue weighted by Crippen LogP contribution is -2.52. The zero-order chi connectivity index (χ0) is 12.6. The largest absolute Gasteiger partial charge is 0.459 e. The molecular formula is C13H27NO2Si. The third-order valence-corrected chi connectivity index (χ3v) is 6.79. The molecule has 1 fully saturated rings. The average molecular weight is 257 g/mol. The molecule has 1 aliphatic heterocycles. The predicted molar refractivity (Wildman–Crippen MR) is 73.8 cm³/mol. The Morgan fingerprint density at radius 2 is 1.88 bits per heavy atom. The van der Waals surface area contributed by atoms with Gasteiger partial charge in [-0.3, -0.25) is 0 Å². The van der Waals surface area contributed by atoms with Crippen LogP contribution in [0.4, 0.5) is 0 Å². The minimum atomic E-state index is -2.08. The maximum absolute atomic E-state index is 5.99. The van der Waals surface area contributed by atoms with Gasteiger partial charge in [0, 0.05) is 25.8 Å². The second-order valence-electron chi connectivity index (χ2n) is 4.40. The van der Waals surface area contributed by atoms with Gasteiger partial charge in [-0.05, 0) is 32.9 Å². The van der Waals surface area contributed by atoms with Crippen molar-refractivity contribution in [2.45, 2.75) is 52.5 Å². The van der Waals surface area contributed by atoms with Crippen LogP contribution in [0.3, 0.4) is 0 Å². The first-order valence-corrected chi connectivity index (χ1v) is 8.97. The molecule has 0 N–H and O–H groups in total. The van der Waals surface area contributed by atoms with Gasteiger partial charge in [0.15, 0.2) is 0 Å². The molecule has 4 heteroatoms. The molecule has 1 saturated heterocycles. The zero-order valence-corrected chi connectivity index (χ0v) is 12.6. The van der Waals surface area contributed by atoms with Crippen molar-refractivity contribution in [3.05, 3.63) is 12.3 Å². The van der Waals surface area contributed by atoms with Crippen molar-refractivity contribution in [3.63, 3.8) is 0 Å². The first-order valence-electron chi connectivity index (χ1n) is 7.00. The monoisotopic (exact) mass is 257 g/mol. The molecule has 0 unspecified atom stereocenters. The summed E-state index contributed by atoms with van der Waals surface area (Å²) in [6, 6.07) is 1.10. The highest BCUT2D eigenvalue weighted by molar-refractivity contribution is 6.65. The number of allylic oxidation sites excluding steroid dienone is 1. The third kappa shape index (κ3) is 4.12. The first kappa shape index (κ1) is 14.7. The summed E-state index contributed by atoms with van der Waals surface area (Å²) < 4.78 is 14.3. The summed E-state index contributed by atoms with van der Waals surface area (Å²) in [5.74, 6) is 0. The van der Waals surface area contributed by atoms with E-state index in [1.54, 1.807) is 0 Å². The molecule has 0 atom stereocenters. The summed E-state index contributed by atoms with van der Waals surface area (Å²) in [6.07, 6.45) is 9.38. The van der Waals surface area contributed by atoms with Gasteiger partial charge in [0.25, 0.3) is 0 Å². The van der Waals surface area contributed by atoms with Crippen molar-refractivity contribution in [1.29, 1.82) is 0 Å². The third-order valence-electron chi connectivity index (χ3n) is 3.08. The Labute approximate surface area is 107 Å². The Balaban J connectivity index is 2.57. The van der Waals surface area contributed by atoms with Gasteiger partial charge < -0.3 is 13.4 Å². The molecular weight excluding hydrogens is 230 g/mol. The van der Waals surface area contributed by atoms with Gasteiger partial charge in [-0.15, -0.1) is 0 Å². The van der Waals surface area contributed by atoms with Crippen molar-refractivity contribution in [1.82, 2.24) is 4.57 Å². The van der Waals surface area contributed by atoms with E-state index < -0.39 is 8.72 Å². The lowest BCUT2D eigenvalue weighted by atomic mass is 10.2. The molecule has 0 aromatic rings. The fourth-order valence-corrected chi connectivity index (χ4v) is 5.63. The molecule has 0 bridgehead atoms. The Bertz CT molecular complexity index is 227. The molecule has 3 nitrogen and oxygen atoms in total. The van der Waals surface area contributed by atoms with Crippen LogP contribution >= 0.6 is 0 Å². The molecule has 0 aromatic carbocycles. The molecule has 0 radical (unpaired) electrons. The Hall–Kier alpha value is -0.323. The quantitative estimate of drug-likeness (QED) is 0.491. The number of hydrogen-bond acceptors (Lipinski definition) is 3. The van der Waals surface area contributed by atoms with Gasteiger partial charge in [0.2, 0.25) is 0 Å². The fraction of sp³-hybridized carbons (Fsp3) is 0.846. The van der Waals surface area contributed by atoms with Gasteiger partial charge in [0.1, 0.15) is 0 Å². The van der Waals surface area contributed by atoms with E-state index in [2.05, 4.69) is 37.6 Å². The van der Waals surface area contributed by atoms with Gasteiger partial charge in [-0.25, -0.2) is 0 Å². The van der Waals surface area contributed by atoms with Crippen LogP contribution in [-0.4, -0.2) is 33.0 Å². The molecule has 1 rings (SSSR count). The molecule has 0 aromatic heterocycles. The second kappa shape index (κ2) is 7.90. The summed E-state index contributed by atoms with van der Waals surface area (Å²) in [5.41, 5.74) is 0. The topological polar surface area (TPSA) is 21.7 Å². The van der Waals surface area contributed by atoms with Gasteiger partial charge in [0.05, 0.1) is 0 Å². The summed E-state index contributed by atoms with van der Waals surface area (Å²) in [5, 5.41) is 0. The molecule has 17 heavy (non-hydrogen) atoms. The van der Waals surface area contributed by atoms with Crippen LogP contribution in [0.25, 0.3) is 0 Å². The van der Waals surface area contributed by atoms with Crippen molar-refractivity contribution in [2.24, 2.45) is 0 Å². The zero-order valence-electron chi connectivity index (χ0n) is 11.6. The maximum Gasteiger partial charge on any atom is 0.459 e. The van der Waals surface area contributed by atoms with Crippen LogP contribution in [0.2, 0.25) is 6.04 Å². The Kier molecular flexibility index (Phi) is 6.85. The Morgan fingerprint density at radius 1 is 1.18 bits per heavy atom. The van der Waals surface area contributed by atoms with Crippen molar-refractivity contribution in [3.8, 4) is 0 Å². The van der Waals surface area contributed by atoms with E-state index in [0.29, 0.717) is 0 Å². The predicted octanol–water partition coefficient (Wildman–Crippen LogP) is 3.41. The number of unbranched alkanes of at least 4 members (excludes halogenated alkanes) is 2. The van der Waals surface area contributed by atoms with E-state index in [9.17, 15) is 0 Å². The minimum Gasteiger partial charge on any atom is -0.379 e. The Morgan fingerprint density at radius 3 is 2.47 bits per heavy atom. The highest BCUT2D eigenvalue weighted by atomic mass is 28.4. The maximum atomic E-state index is 5.99.